The Kier molecular flexibility index (Phi) is 7.50. The van der Waals surface area contributed by atoms with Gasteiger partial charge in [-0.3, -0.25) is 24.6 Å². The zero-order chi connectivity index (χ0) is 34.1. The molecule has 3 fully saturated rings. The van der Waals surface area contributed by atoms with E-state index in [0.717, 1.165) is 12.1 Å². The molecule has 3 aromatic carbocycles. The van der Waals surface area contributed by atoms with Gasteiger partial charge >= 0.3 is 6.09 Å². The minimum Gasteiger partial charge on any atom is -0.508 e. The quantitative estimate of drug-likeness (QED) is 0.284. The zero-order valence-electron chi connectivity index (χ0n) is 25.7. The highest BCUT2D eigenvalue weighted by Crippen LogP contribution is 2.65. The van der Waals surface area contributed by atoms with Crippen molar-refractivity contribution in [1.29, 1.82) is 0 Å². The van der Waals surface area contributed by atoms with Crippen molar-refractivity contribution >= 4 is 47.0 Å². The van der Waals surface area contributed by atoms with Crippen LogP contribution in [-0.2, 0) is 29.3 Å². The lowest BCUT2D eigenvalue weighted by molar-refractivity contribution is -0.140. The van der Waals surface area contributed by atoms with Gasteiger partial charge in [0.25, 0.3) is 11.8 Å². The van der Waals surface area contributed by atoms with Gasteiger partial charge in [-0.2, -0.15) is 9.91 Å². The van der Waals surface area contributed by atoms with Gasteiger partial charge in [0.1, 0.15) is 17.3 Å². The van der Waals surface area contributed by atoms with Crippen LogP contribution in [0.4, 0.5) is 14.9 Å². The molecule has 5 amide bonds. The number of hydrogen-bond donors (Lipinski definition) is 2. The van der Waals surface area contributed by atoms with Crippen LogP contribution in [0.15, 0.2) is 78.4 Å². The second-order valence-electron chi connectivity index (χ2n) is 12.3. The maximum atomic E-state index is 15.1. The van der Waals surface area contributed by atoms with Gasteiger partial charge in [0.15, 0.2) is 0 Å². The lowest BCUT2D eigenvalue weighted by Crippen LogP contribution is -2.53. The first-order chi connectivity index (χ1) is 23.0. The van der Waals surface area contributed by atoms with Gasteiger partial charge in [0.05, 0.1) is 43.1 Å². The molecule has 3 aromatic rings. The third kappa shape index (κ3) is 4.42. The van der Waals surface area contributed by atoms with E-state index in [4.69, 9.17) is 21.1 Å². The number of hydrazine groups is 1. The number of amides is 5. The monoisotopic (exact) mass is 673 g/mol. The lowest BCUT2D eigenvalue weighted by atomic mass is 9.49. The number of phenolic OH excluding ortho intramolecular Hbond substituents is 1. The summed E-state index contributed by atoms with van der Waals surface area (Å²) in [4.78, 5) is 69.9. The van der Waals surface area contributed by atoms with Crippen LogP contribution in [0.5, 0.6) is 11.5 Å². The predicted molar refractivity (Wildman–Crippen MR) is 168 cm³/mol. The number of likely N-dealkylation sites (tertiary alicyclic amines) is 1. The standard InChI is InChI=1S/C35H29ClFN3O8/c1-47-21-11-12-23(27(41)15-21)29-22-13-14-24-28(32(44)39(30(24)42)34(46)48-2)25(22)16-26-31(43)40(38-20-9-7-19(37)8-10-20)33(45)35(26,29)17-3-5-18(36)6-4-17/h3-13,15,24-26,28-29,38,41H,14,16H2,1-2H3. The number of rotatable bonds is 5. The Morgan fingerprint density at radius 2 is 1.67 bits per heavy atom. The van der Waals surface area contributed by atoms with E-state index < -0.39 is 70.5 Å². The maximum absolute atomic E-state index is 15.1. The number of halogens is 2. The SMILES string of the molecule is COC(=O)N1C(=O)C2CC=C3C(CC4C(=O)N(Nc5ccc(F)cc5)C(=O)C4(c4ccc(Cl)cc4)C3c3ccc(OC)cc3O)C2C1=O. The molecule has 0 radical (unpaired) electrons. The number of anilines is 1. The molecule has 13 heteroatoms. The molecule has 0 aromatic heterocycles. The fraction of sp³-hybridized carbons (Fsp3) is 0.286. The van der Waals surface area contributed by atoms with Crippen LogP contribution in [0.1, 0.15) is 29.9 Å². The summed E-state index contributed by atoms with van der Waals surface area (Å²) < 4.78 is 23.8. The van der Waals surface area contributed by atoms with Crippen molar-refractivity contribution in [3.63, 3.8) is 0 Å². The predicted octanol–water partition coefficient (Wildman–Crippen LogP) is 4.94. The van der Waals surface area contributed by atoms with Crippen LogP contribution >= 0.6 is 11.6 Å². The summed E-state index contributed by atoms with van der Waals surface area (Å²) in [7, 11) is 2.51. The highest BCUT2D eigenvalue weighted by atomic mass is 35.5. The molecule has 6 atom stereocenters. The summed E-state index contributed by atoms with van der Waals surface area (Å²) in [5.74, 6) is -7.93. The third-order valence-corrected chi connectivity index (χ3v) is 10.4. The second-order valence-corrected chi connectivity index (χ2v) is 12.7. The van der Waals surface area contributed by atoms with Crippen molar-refractivity contribution in [1.82, 2.24) is 9.91 Å². The minimum absolute atomic E-state index is 0.0384. The fourth-order valence-electron chi connectivity index (χ4n) is 8.17. The van der Waals surface area contributed by atoms with E-state index >= 15 is 4.79 Å². The number of nitrogens with one attached hydrogen (secondary N) is 1. The van der Waals surface area contributed by atoms with E-state index in [1.165, 1.54) is 37.4 Å². The molecule has 246 valence electrons. The molecular weight excluding hydrogens is 645 g/mol. The molecule has 0 spiro atoms. The average molecular weight is 674 g/mol. The number of fused-ring (bicyclic) bond motifs is 4. The molecule has 1 saturated carbocycles. The van der Waals surface area contributed by atoms with E-state index in [-0.39, 0.29) is 29.8 Å². The van der Waals surface area contributed by atoms with Gasteiger partial charge in [-0.15, -0.1) is 0 Å². The Balaban J connectivity index is 1.46. The number of benzene rings is 3. The molecule has 0 bridgehead atoms. The molecule has 11 nitrogen and oxygen atoms in total. The Bertz CT molecular complexity index is 1920. The van der Waals surface area contributed by atoms with Crippen LogP contribution < -0.4 is 10.2 Å². The number of allylic oxidation sites excluding steroid dienone is 2. The van der Waals surface area contributed by atoms with Crippen molar-refractivity contribution < 1.29 is 42.9 Å². The van der Waals surface area contributed by atoms with Gasteiger partial charge in [-0.25, -0.2) is 9.18 Å². The molecule has 7 rings (SSSR count). The summed E-state index contributed by atoms with van der Waals surface area (Å²) in [6, 6.07) is 16.3. The van der Waals surface area contributed by atoms with Crippen LogP contribution in [-0.4, -0.2) is 59.0 Å². The van der Waals surface area contributed by atoms with E-state index in [1.54, 1.807) is 42.5 Å². The molecular formula is C35H29ClFN3O8. The van der Waals surface area contributed by atoms with Gasteiger partial charge in [-0.05, 0) is 66.8 Å². The first-order valence-corrected chi connectivity index (χ1v) is 15.6. The summed E-state index contributed by atoms with van der Waals surface area (Å²) in [5, 5.41) is 12.8. The minimum atomic E-state index is -1.68. The summed E-state index contributed by atoms with van der Waals surface area (Å²) in [6.45, 7) is 0. The Morgan fingerprint density at radius 3 is 2.31 bits per heavy atom. The van der Waals surface area contributed by atoms with Crippen LogP contribution in [0.3, 0.4) is 0 Å². The number of methoxy groups -OCH3 is 2. The highest BCUT2D eigenvalue weighted by Gasteiger charge is 2.71. The van der Waals surface area contributed by atoms with Gasteiger partial charge in [0, 0.05) is 22.6 Å². The first-order valence-electron chi connectivity index (χ1n) is 15.2. The molecule has 2 aliphatic carbocycles. The summed E-state index contributed by atoms with van der Waals surface area (Å²) >= 11 is 6.29. The molecule has 48 heavy (non-hydrogen) atoms. The van der Waals surface area contributed by atoms with Crippen molar-refractivity contribution in [3.05, 3.63) is 100 Å². The summed E-state index contributed by atoms with van der Waals surface area (Å²) in [5.41, 5.74) is 2.75. The number of ether oxygens (including phenoxy) is 2. The number of hydrogen-bond acceptors (Lipinski definition) is 9. The summed E-state index contributed by atoms with van der Waals surface area (Å²) in [6.07, 6.45) is 0.721. The Morgan fingerprint density at radius 1 is 0.958 bits per heavy atom. The first kappa shape index (κ1) is 31.4. The van der Waals surface area contributed by atoms with Crippen molar-refractivity contribution in [3.8, 4) is 11.5 Å². The number of phenols is 1. The van der Waals surface area contributed by atoms with Crippen molar-refractivity contribution in [2.24, 2.45) is 23.7 Å². The van der Waals surface area contributed by atoms with Gasteiger partial charge < -0.3 is 14.6 Å². The number of imide groups is 4. The molecule has 6 unspecified atom stereocenters. The fourth-order valence-corrected chi connectivity index (χ4v) is 8.29. The van der Waals surface area contributed by atoms with Crippen LogP contribution in [0, 0.1) is 29.5 Å². The molecule has 2 heterocycles. The molecule has 2 saturated heterocycles. The Hall–Kier alpha value is -5.23. The number of aromatic hydroxyl groups is 1. The van der Waals surface area contributed by atoms with E-state index in [9.17, 15) is 28.7 Å². The smallest absolute Gasteiger partial charge is 0.423 e. The number of nitrogens with zero attached hydrogens (tertiary/aromatic N) is 2. The Labute approximate surface area is 278 Å². The zero-order valence-corrected chi connectivity index (χ0v) is 26.4. The van der Waals surface area contributed by atoms with E-state index in [0.29, 0.717) is 26.8 Å². The molecule has 2 aliphatic heterocycles. The largest absolute Gasteiger partial charge is 0.508 e. The lowest BCUT2D eigenvalue weighted by Gasteiger charge is -2.50. The number of carbonyl (C=O) groups excluding carboxylic acids is 5. The average Bonchev–Trinajstić information content (AvgIpc) is 3.46. The highest BCUT2D eigenvalue weighted by molar-refractivity contribution is 6.30. The second kappa shape index (κ2) is 11.5. The van der Waals surface area contributed by atoms with Gasteiger partial charge in [-0.1, -0.05) is 41.4 Å². The number of carbonyl (C=O) groups is 5. The van der Waals surface area contributed by atoms with Crippen LogP contribution in [0.2, 0.25) is 5.02 Å². The van der Waals surface area contributed by atoms with E-state index in [1.807, 2.05) is 0 Å². The van der Waals surface area contributed by atoms with Crippen molar-refractivity contribution in [2.75, 3.05) is 19.6 Å². The van der Waals surface area contributed by atoms with Crippen LogP contribution in [0.25, 0.3) is 0 Å². The van der Waals surface area contributed by atoms with E-state index in [2.05, 4.69) is 5.43 Å². The normalized spacial score (nSPS) is 27.7. The topological polar surface area (TPSA) is 143 Å². The maximum Gasteiger partial charge on any atom is 0.423 e. The molecule has 4 aliphatic rings. The molecule has 2 N–H and O–H groups in total. The van der Waals surface area contributed by atoms with Crippen molar-refractivity contribution in [2.45, 2.75) is 24.2 Å². The van der Waals surface area contributed by atoms with Gasteiger partial charge in [0.2, 0.25) is 11.8 Å². The third-order valence-electron chi connectivity index (χ3n) is 10.2.